The third kappa shape index (κ3) is 6.26. The first-order chi connectivity index (χ1) is 33.2. The van der Waals surface area contributed by atoms with E-state index in [1.807, 2.05) is 109 Å². The number of hydrogen-bond donors (Lipinski definition) is 0. The average molecular weight is 848 g/mol. The summed E-state index contributed by atoms with van der Waals surface area (Å²) >= 11 is 0. The van der Waals surface area contributed by atoms with Crippen molar-refractivity contribution in [2.75, 3.05) is 0 Å². The molecule has 18 heteroatoms. The molecule has 0 aliphatic carbocycles. The standard InChI is InChI=1S/C51H18B12N4O2/c52-34-30(31-35(53)39(57)42(60)40(58)36(31)54)37(55)44(62)46-32(34)33-38(56)41(59)43(61)45(63)47(33)67(46)21-14-16-24-23-15-13-20(17-28(23)68-29(24)18-21)50-64-49(19-7-2-1-3-8-19)65-51(66-50)26-11-6-10-25-22-9-4-5-12-27(22)69-48(25)26/h1-18H. The largest absolute Gasteiger partial charge is 0.456 e. The minimum Gasteiger partial charge on any atom is -0.456 e. The van der Waals surface area contributed by atoms with Crippen LogP contribution in [0, 0.1) is 0 Å². The Balaban J connectivity index is 1.06. The molecular weight excluding hydrogens is 830 g/mol. The van der Waals surface area contributed by atoms with E-state index in [0.717, 1.165) is 38.3 Å². The molecule has 6 nitrogen and oxygen atoms in total. The Morgan fingerprint density at radius 2 is 0.855 bits per heavy atom. The number of fused-ring (bicyclic) bond motifs is 9. The predicted molar refractivity (Wildman–Crippen MR) is 295 cm³/mol. The maximum absolute atomic E-state index is 7.11. The Morgan fingerprint density at radius 3 is 1.58 bits per heavy atom. The number of rotatable bonds is 5. The first kappa shape index (κ1) is 43.2. The second-order valence-corrected chi connectivity index (χ2v) is 16.9. The van der Waals surface area contributed by atoms with Crippen LogP contribution < -0.4 is 65.6 Å². The van der Waals surface area contributed by atoms with E-state index in [1.54, 1.807) is 4.57 Å². The van der Waals surface area contributed by atoms with Crippen LogP contribution >= 0.6 is 0 Å². The van der Waals surface area contributed by atoms with Crippen molar-refractivity contribution in [1.29, 1.82) is 0 Å². The maximum Gasteiger partial charge on any atom is 0.167 e. The van der Waals surface area contributed by atoms with Crippen LogP contribution in [-0.2, 0) is 0 Å². The van der Waals surface area contributed by atoms with Crippen LogP contribution in [-0.4, -0.2) is 114 Å². The fraction of sp³-hybridized carbons (Fsp3) is 0. The normalized spacial score (nSPS) is 11.9. The zero-order chi connectivity index (χ0) is 47.9. The number of aromatic nitrogens is 4. The minimum absolute atomic E-state index is 0.00249. The van der Waals surface area contributed by atoms with Gasteiger partial charge in [0.1, 0.15) is 116 Å². The van der Waals surface area contributed by atoms with Gasteiger partial charge >= 0.3 is 0 Å². The molecule has 0 N–H and O–H groups in total. The van der Waals surface area contributed by atoms with Crippen molar-refractivity contribution in [2.24, 2.45) is 0 Å². The van der Waals surface area contributed by atoms with Gasteiger partial charge in [-0.25, -0.2) is 15.0 Å². The minimum atomic E-state index is -0.00424. The number of benzene rings is 8. The van der Waals surface area contributed by atoms with E-state index in [9.17, 15) is 0 Å². The lowest BCUT2D eigenvalue weighted by atomic mass is 9.57. The molecule has 8 aromatic carbocycles. The molecule has 0 fully saturated rings. The lowest BCUT2D eigenvalue weighted by molar-refractivity contribution is 0.668. The Kier molecular flexibility index (Phi) is 9.87. The second-order valence-electron chi connectivity index (χ2n) is 16.9. The zero-order valence-corrected chi connectivity index (χ0v) is 36.4. The van der Waals surface area contributed by atoms with Crippen LogP contribution in [0.3, 0.4) is 0 Å². The van der Waals surface area contributed by atoms with E-state index < -0.39 is 0 Å². The molecule has 0 saturated heterocycles. The lowest BCUT2D eigenvalue weighted by Gasteiger charge is -2.26. The van der Waals surface area contributed by atoms with Crippen molar-refractivity contribution in [3.8, 4) is 51.0 Å². The van der Waals surface area contributed by atoms with Crippen molar-refractivity contribution < 1.29 is 8.83 Å². The number of furan rings is 2. The summed E-state index contributed by atoms with van der Waals surface area (Å²) in [7, 11) is 79.5. The van der Waals surface area contributed by atoms with Gasteiger partial charge in [0, 0.05) is 60.8 Å². The molecule has 12 rings (SSSR count). The molecule has 0 saturated carbocycles. The molecule has 0 spiro atoms. The summed E-state index contributed by atoms with van der Waals surface area (Å²) in [6, 6.07) is 35.1. The molecule has 0 amide bonds. The summed E-state index contributed by atoms with van der Waals surface area (Å²) in [5, 5.41) is 4.30. The van der Waals surface area contributed by atoms with Gasteiger partial charge in [-0.2, -0.15) is 0 Å². The Bertz CT molecular complexity index is 4210. The Labute approximate surface area is 411 Å². The number of hydrogen-bond acceptors (Lipinski definition) is 5. The highest BCUT2D eigenvalue weighted by atomic mass is 16.3. The van der Waals surface area contributed by atoms with Gasteiger partial charge in [0.15, 0.2) is 17.5 Å². The van der Waals surface area contributed by atoms with Crippen LogP contribution in [0.15, 0.2) is 118 Å². The van der Waals surface area contributed by atoms with E-state index in [2.05, 4.69) is 0 Å². The lowest BCUT2D eigenvalue weighted by Crippen LogP contribution is -2.56. The van der Waals surface area contributed by atoms with Crippen molar-refractivity contribution in [3.63, 3.8) is 0 Å². The van der Waals surface area contributed by atoms with Gasteiger partial charge in [0.2, 0.25) is 0 Å². The smallest absolute Gasteiger partial charge is 0.167 e. The van der Waals surface area contributed by atoms with E-state index in [0.29, 0.717) is 67.3 Å². The fourth-order valence-corrected chi connectivity index (χ4v) is 9.65. The first-order valence-corrected chi connectivity index (χ1v) is 21.5. The highest BCUT2D eigenvalue weighted by molar-refractivity contribution is 6.72. The summed E-state index contributed by atoms with van der Waals surface area (Å²) in [6.45, 7) is 0. The van der Waals surface area contributed by atoms with Crippen molar-refractivity contribution in [1.82, 2.24) is 19.5 Å². The molecule has 290 valence electrons. The molecule has 0 atom stereocenters. The van der Waals surface area contributed by atoms with Crippen molar-refractivity contribution in [3.05, 3.63) is 109 Å². The maximum atomic E-state index is 7.11. The van der Waals surface area contributed by atoms with Gasteiger partial charge in [-0.15, -0.1) is 27.3 Å². The van der Waals surface area contributed by atoms with Crippen LogP contribution in [0.25, 0.3) is 117 Å². The topological polar surface area (TPSA) is 69.9 Å². The molecule has 0 aliphatic rings. The first-order valence-electron chi connectivity index (χ1n) is 21.5. The van der Waals surface area contributed by atoms with E-state index >= 15 is 0 Å². The summed E-state index contributed by atoms with van der Waals surface area (Å²) in [5.74, 6) is 1.38. The Hall–Kier alpha value is -7.05. The molecule has 0 bridgehead atoms. The molecule has 0 aliphatic heterocycles. The quantitative estimate of drug-likeness (QED) is 0.208. The second kappa shape index (κ2) is 15.7. The summed E-state index contributed by atoms with van der Waals surface area (Å²) in [5.41, 5.74) is 6.85. The third-order valence-electron chi connectivity index (χ3n) is 13.2. The van der Waals surface area contributed by atoms with E-state index in [4.69, 9.17) is 118 Å². The van der Waals surface area contributed by atoms with Crippen LogP contribution in [0.5, 0.6) is 0 Å². The highest BCUT2D eigenvalue weighted by Gasteiger charge is 2.26. The molecule has 4 aromatic heterocycles. The van der Waals surface area contributed by atoms with Crippen LogP contribution in [0.2, 0.25) is 0 Å². The van der Waals surface area contributed by atoms with Crippen LogP contribution in [0.1, 0.15) is 0 Å². The molecule has 24 radical (unpaired) electrons. The van der Waals surface area contributed by atoms with Gasteiger partial charge in [0.25, 0.3) is 0 Å². The van der Waals surface area contributed by atoms with Gasteiger partial charge in [0.05, 0.1) is 5.56 Å². The summed E-state index contributed by atoms with van der Waals surface area (Å²) in [4.78, 5) is 15.0. The van der Waals surface area contributed by atoms with Gasteiger partial charge in [-0.1, -0.05) is 105 Å². The summed E-state index contributed by atoms with van der Waals surface area (Å²) < 4.78 is 14.8. The molecule has 69 heavy (non-hydrogen) atoms. The summed E-state index contributed by atoms with van der Waals surface area (Å²) in [6.07, 6.45) is 0. The predicted octanol–water partition coefficient (Wildman–Crippen LogP) is -1.04. The molecule has 4 heterocycles. The number of nitrogens with zero attached hydrogens (tertiary/aromatic N) is 4. The SMILES string of the molecule is [B]c1c([B])c([B])c(-c2c([B])c([B])c3c(c2[B])c2c([B])c([B])c([B])c([B])c2n3-c2ccc3c(c2)oc2cc(-c4nc(-c5ccccc5)nc(-c5cccc6c5oc5ccccc56)n4)ccc23)c([B])c1[B]. The molecule has 0 unspecified atom stereocenters. The van der Waals surface area contributed by atoms with Gasteiger partial charge < -0.3 is 13.4 Å². The third-order valence-corrected chi connectivity index (χ3v) is 13.2. The van der Waals surface area contributed by atoms with Gasteiger partial charge in [-0.3, -0.25) is 0 Å². The van der Waals surface area contributed by atoms with E-state index in [-0.39, 0.29) is 76.7 Å². The Morgan fingerprint density at radius 1 is 0.348 bits per heavy atom. The van der Waals surface area contributed by atoms with E-state index in [1.165, 1.54) is 0 Å². The van der Waals surface area contributed by atoms with Crippen molar-refractivity contribution >= 4 is 225 Å². The van der Waals surface area contributed by atoms with Gasteiger partial charge in [-0.05, 0) is 52.9 Å². The number of para-hydroxylation sites is 2. The average Bonchev–Trinajstić information content (AvgIpc) is 4.06. The molecule has 12 aromatic rings. The zero-order valence-electron chi connectivity index (χ0n) is 36.4. The van der Waals surface area contributed by atoms with Crippen LogP contribution in [0.4, 0.5) is 0 Å². The highest BCUT2D eigenvalue weighted by Crippen LogP contribution is 2.38. The molecular formula is C51H18B12N4O2. The fourth-order valence-electron chi connectivity index (χ4n) is 9.65. The monoisotopic (exact) mass is 850 g/mol. The van der Waals surface area contributed by atoms with Crippen molar-refractivity contribution in [2.45, 2.75) is 0 Å².